The van der Waals surface area contributed by atoms with E-state index in [1.807, 2.05) is 85.8 Å². The molecule has 1 N–H and O–H groups in total. The molecule has 1 aliphatic rings. The molecule has 15 heteroatoms. The van der Waals surface area contributed by atoms with Crippen LogP contribution in [-0.2, 0) is 35.1 Å². The molecule has 62 heavy (non-hydrogen) atoms. The Morgan fingerprint density at radius 3 is 1.90 bits per heavy atom. The summed E-state index contributed by atoms with van der Waals surface area (Å²) in [6, 6.07) is 25.6. The van der Waals surface area contributed by atoms with Gasteiger partial charge in [0.25, 0.3) is 14.1 Å². The van der Waals surface area contributed by atoms with E-state index in [1.54, 1.807) is 20.4 Å². The number of aryl methyl sites for hydroxylation is 1. The van der Waals surface area contributed by atoms with Gasteiger partial charge < -0.3 is 41.8 Å². The number of rotatable bonds is 20. The van der Waals surface area contributed by atoms with Crippen LogP contribution in [0.3, 0.4) is 0 Å². The van der Waals surface area contributed by atoms with Crippen LogP contribution >= 0.6 is 8.53 Å². The van der Waals surface area contributed by atoms with Crippen molar-refractivity contribution in [2.45, 2.75) is 122 Å². The third-order valence-electron chi connectivity index (χ3n) is 11.7. The van der Waals surface area contributed by atoms with Gasteiger partial charge in [0.2, 0.25) is 6.54 Å². The first-order valence-corrected chi connectivity index (χ1v) is 25.3. The highest BCUT2D eigenvalue weighted by Crippen LogP contribution is 2.53. The van der Waals surface area contributed by atoms with Gasteiger partial charge in [0.05, 0.1) is 26.4 Å². The maximum Gasteiger partial charge on any atom is 0.328 e. The minimum absolute atomic E-state index is 0.00783. The molecule has 1 saturated heterocycles. The first kappa shape index (κ1) is 48.9. The highest BCUT2D eigenvalue weighted by Gasteiger charge is 2.54. The lowest BCUT2D eigenvalue weighted by atomic mass is 9.80. The molecule has 1 unspecified atom stereocenters. The van der Waals surface area contributed by atoms with Gasteiger partial charge in [0.1, 0.15) is 48.1 Å². The highest BCUT2D eigenvalue weighted by molar-refractivity contribution is 7.44. The summed E-state index contributed by atoms with van der Waals surface area (Å²) in [4.78, 5) is 32.9. The summed E-state index contributed by atoms with van der Waals surface area (Å²) in [5.41, 5.74) is 0.488. The van der Waals surface area contributed by atoms with Crippen molar-refractivity contribution in [3.05, 3.63) is 140 Å². The average Bonchev–Trinajstić information content (AvgIpc) is 3.56. The van der Waals surface area contributed by atoms with Gasteiger partial charge >= 0.3 is 5.69 Å². The lowest BCUT2D eigenvalue weighted by Crippen LogP contribution is -2.50. The van der Waals surface area contributed by atoms with Gasteiger partial charge in [-0.2, -0.15) is 0 Å². The summed E-state index contributed by atoms with van der Waals surface area (Å²) >= 11 is 0. The Labute approximate surface area is 369 Å². The molecule has 0 spiro atoms. The summed E-state index contributed by atoms with van der Waals surface area (Å²) < 4.78 is 50.5. The molecule has 0 saturated carbocycles. The largest absolute Gasteiger partial charge is 0.497 e. The number of hydrogen-bond donors (Lipinski definition) is 1. The number of hydrogen-bond acceptors (Lipinski definition) is 10. The van der Waals surface area contributed by atoms with Gasteiger partial charge in [-0.25, -0.2) is 16.0 Å². The van der Waals surface area contributed by atoms with E-state index in [2.05, 4.69) is 76.1 Å². The molecule has 0 bridgehead atoms. The molecule has 0 radical (unpaired) electrons. The van der Waals surface area contributed by atoms with Crippen LogP contribution in [0.15, 0.2) is 94.6 Å². The lowest BCUT2D eigenvalue weighted by molar-refractivity contribution is -0.0808. The van der Waals surface area contributed by atoms with E-state index in [9.17, 15) is 9.59 Å². The second-order valence-corrected chi connectivity index (χ2v) is 23.6. The summed E-state index contributed by atoms with van der Waals surface area (Å²) in [6.07, 6.45) is -1.93. The molecule has 336 valence electrons. The van der Waals surface area contributed by atoms with Crippen LogP contribution in [0.5, 0.6) is 11.5 Å². The smallest absolute Gasteiger partial charge is 0.328 e. The quantitative estimate of drug-likeness (QED) is 0.0302. The normalized spacial score (nSPS) is 18.9. The monoisotopic (exact) mass is 888 g/mol. The van der Waals surface area contributed by atoms with Gasteiger partial charge in [-0.3, -0.25) is 9.78 Å². The van der Waals surface area contributed by atoms with E-state index in [0.29, 0.717) is 18.0 Å². The predicted octanol–water partition coefficient (Wildman–Crippen LogP) is 9.08. The van der Waals surface area contributed by atoms with Gasteiger partial charge in [-0.05, 0) is 93.7 Å². The van der Waals surface area contributed by atoms with Gasteiger partial charge in [-0.15, -0.1) is 0 Å². The van der Waals surface area contributed by atoms with Crippen LogP contribution in [0.4, 0.5) is 0 Å². The summed E-state index contributed by atoms with van der Waals surface area (Å²) in [6.45, 7) is 29.1. The fraction of sp³-hybridized carbons (Fsp3) is 0.511. The minimum atomic E-state index is -2.65. The zero-order valence-corrected chi connectivity index (χ0v) is 40.2. The van der Waals surface area contributed by atoms with E-state index in [0.717, 1.165) is 16.7 Å². The first-order valence-electron chi connectivity index (χ1n) is 21.3. The molecule has 4 aromatic rings. The van der Waals surface area contributed by atoms with Crippen molar-refractivity contribution >= 4 is 16.8 Å². The molecule has 1 aromatic heterocycles. The molecular formula is C47H65N4O9PSi. The number of benzene rings is 3. The number of H-pyrrole nitrogens is 1. The standard InChI is InChI=1S/C47H65N4O9PSi/c1-14-50-30-39(44(52)49-45(50)53)41-43(60-62(12,13)46(6,7)8)42(59-61(57-29-28-48-9)51(32(2)3)33(4)5)40(58-41)31-56-47(34-18-16-15-17-19-34,35-20-24-37(54-10)25-21-35)36-22-26-38(55-11)27-23-36/h15-27,30,32-33,40-43H,14,28-29,31H2,1-8,10-13H3,(H,49,52,53)/t40-,41+,42-,43+,61?/m1/s1. The Bertz CT molecular complexity index is 2150. The zero-order chi connectivity index (χ0) is 45.4. The van der Waals surface area contributed by atoms with E-state index in [-0.39, 0.29) is 42.4 Å². The van der Waals surface area contributed by atoms with E-state index in [4.69, 9.17) is 39.0 Å². The van der Waals surface area contributed by atoms with Crippen molar-refractivity contribution in [2.75, 3.05) is 34.0 Å². The minimum Gasteiger partial charge on any atom is -0.497 e. The molecule has 3 aromatic carbocycles. The third kappa shape index (κ3) is 10.8. The SMILES string of the molecule is [C-]#[N+]CCOP(O[C@H]1[C@@H](O[Si](C)(C)C(C)(C)C)[C@H](c2cn(CC)c(=O)[nH]c2=O)O[C@@H]1COC(c1ccccc1)(c1ccc(OC)cc1)c1ccc(OC)cc1)N(C(C)C)C(C)C. The number of nitrogens with one attached hydrogen (secondary N) is 1. The Balaban J connectivity index is 1.76. The van der Waals surface area contributed by atoms with Crippen molar-refractivity contribution in [1.82, 2.24) is 14.2 Å². The topological polar surface area (TPSA) is 127 Å². The Kier molecular flexibility index (Phi) is 16.6. The van der Waals surface area contributed by atoms with Crippen LogP contribution in [-0.4, -0.2) is 86.9 Å². The van der Waals surface area contributed by atoms with Gasteiger partial charge in [0.15, 0.2) is 8.32 Å². The molecule has 2 heterocycles. The zero-order valence-electron chi connectivity index (χ0n) is 38.3. The molecule has 1 fully saturated rings. The molecule has 13 nitrogen and oxygen atoms in total. The average molecular weight is 889 g/mol. The first-order chi connectivity index (χ1) is 29.4. The maximum atomic E-state index is 13.9. The van der Waals surface area contributed by atoms with Crippen LogP contribution < -0.4 is 20.7 Å². The summed E-state index contributed by atoms with van der Waals surface area (Å²) in [5, 5.41) is -0.241. The van der Waals surface area contributed by atoms with Crippen LogP contribution in [0.25, 0.3) is 4.85 Å². The number of methoxy groups -OCH3 is 2. The molecule has 5 rings (SSSR count). The van der Waals surface area contributed by atoms with Crippen molar-refractivity contribution in [2.24, 2.45) is 0 Å². The lowest BCUT2D eigenvalue weighted by Gasteiger charge is -2.42. The second kappa shape index (κ2) is 21.0. The Hall–Kier alpha value is -4.16. The summed E-state index contributed by atoms with van der Waals surface area (Å²) in [7, 11) is -1.20. The van der Waals surface area contributed by atoms with Gasteiger partial charge in [-0.1, -0.05) is 75.4 Å². The number of aromatic nitrogens is 2. The highest BCUT2D eigenvalue weighted by atomic mass is 31.2. The van der Waals surface area contributed by atoms with Gasteiger partial charge in [0, 0.05) is 24.8 Å². The van der Waals surface area contributed by atoms with Crippen molar-refractivity contribution in [3.63, 3.8) is 0 Å². The fourth-order valence-corrected chi connectivity index (χ4v) is 10.6. The molecule has 5 atom stereocenters. The van der Waals surface area contributed by atoms with Crippen molar-refractivity contribution < 1.29 is 32.4 Å². The Morgan fingerprint density at radius 2 is 1.42 bits per heavy atom. The number of aromatic amines is 1. The van der Waals surface area contributed by atoms with Crippen LogP contribution in [0.2, 0.25) is 18.1 Å². The Morgan fingerprint density at radius 1 is 0.871 bits per heavy atom. The van der Waals surface area contributed by atoms with Crippen LogP contribution in [0, 0.1) is 6.57 Å². The molecule has 0 amide bonds. The van der Waals surface area contributed by atoms with Crippen molar-refractivity contribution in [3.8, 4) is 11.5 Å². The predicted molar refractivity (Wildman–Crippen MR) is 246 cm³/mol. The van der Waals surface area contributed by atoms with E-state index >= 15 is 0 Å². The summed E-state index contributed by atoms with van der Waals surface area (Å²) in [5.74, 6) is 1.38. The molecular weight excluding hydrogens is 824 g/mol. The van der Waals surface area contributed by atoms with E-state index in [1.165, 1.54) is 4.57 Å². The number of nitrogens with zero attached hydrogens (tertiary/aromatic N) is 3. The second-order valence-electron chi connectivity index (χ2n) is 17.5. The van der Waals surface area contributed by atoms with Crippen molar-refractivity contribution in [1.29, 1.82) is 0 Å². The van der Waals surface area contributed by atoms with E-state index < -0.39 is 58.1 Å². The molecule has 1 aliphatic heterocycles. The molecule has 0 aliphatic carbocycles. The maximum absolute atomic E-state index is 13.9. The third-order valence-corrected chi connectivity index (χ3v) is 18.3. The fourth-order valence-electron chi connectivity index (χ4n) is 7.52. The van der Waals surface area contributed by atoms with Crippen LogP contribution in [0.1, 0.15) is 83.7 Å². The number of ether oxygens (including phenoxy) is 4.